The number of H-pyrrole nitrogens is 1. The molecule has 0 spiro atoms. The number of rotatable bonds is 8. The average Bonchev–Trinajstić information content (AvgIpc) is 3.47. The number of nitrogens with two attached hydrogens (primary N) is 2. The van der Waals surface area contributed by atoms with Crippen molar-refractivity contribution in [2.45, 2.75) is 18.9 Å². The van der Waals surface area contributed by atoms with Gasteiger partial charge in [0.2, 0.25) is 5.95 Å². The minimum Gasteiger partial charge on any atom is -0.493 e. The third-order valence-corrected chi connectivity index (χ3v) is 6.55. The zero-order chi connectivity index (χ0) is 26.6. The maximum Gasteiger partial charge on any atom is 0.221 e. The summed E-state index contributed by atoms with van der Waals surface area (Å²) in [6, 6.07) is 11.6. The number of allylic oxidation sites excluding steroid dienone is 1. The highest BCUT2D eigenvalue weighted by Crippen LogP contribution is 2.36. The average molecular weight is 513 g/mol. The van der Waals surface area contributed by atoms with Gasteiger partial charge in [0, 0.05) is 37.0 Å². The number of nitrogens with zero attached hydrogens (tertiary/aromatic N) is 5. The Morgan fingerprint density at radius 2 is 2.03 bits per heavy atom. The summed E-state index contributed by atoms with van der Waals surface area (Å²) < 4.78 is 11.1. The molecule has 11 heteroatoms. The number of nitrogens with one attached hydrogen (secondary N) is 1. The highest BCUT2D eigenvalue weighted by Gasteiger charge is 2.29. The van der Waals surface area contributed by atoms with E-state index >= 15 is 0 Å². The molecule has 1 atom stereocenters. The molecule has 1 aliphatic rings. The summed E-state index contributed by atoms with van der Waals surface area (Å²) in [5.74, 6) is 1.64. The highest BCUT2D eigenvalue weighted by molar-refractivity contribution is 6.07. The van der Waals surface area contributed by atoms with Gasteiger partial charge in [0.15, 0.2) is 23.1 Å². The monoisotopic (exact) mass is 512 g/mol. The molecule has 0 saturated carbocycles. The summed E-state index contributed by atoms with van der Waals surface area (Å²) in [5, 5.41) is 7.02. The summed E-state index contributed by atoms with van der Waals surface area (Å²) in [6.45, 7) is 0.711. The minimum atomic E-state index is -0.237. The van der Waals surface area contributed by atoms with Gasteiger partial charge in [0.1, 0.15) is 18.2 Å². The van der Waals surface area contributed by atoms with Crippen molar-refractivity contribution in [2.24, 2.45) is 0 Å². The van der Waals surface area contributed by atoms with Gasteiger partial charge < -0.3 is 25.8 Å². The van der Waals surface area contributed by atoms with E-state index in [1.807, 2.05) is 12.1 Å². The number of benzene rings is 2. The quantitative estimate of drug-likeness (QED) is 0.237. The van der Waals surface area contributed by atoms with Crippen LogP contribution in [-0.2, 0) is 12.8 Å². The number of aromatic amines is 1. The maximum absolute atomic E-state index is 13.5. The Kier molecular flexibility index (Phi) is 6.90. The van der Waals surface area contributed by atoms with Crippen LogP contribution in [0.25, 0.3) is 0 Å². The first-order chi connectivity index (χ1) is 18.5. The molecule has 0 radical (unpaired) electrons. The molecule has 0 aliphatic carbocycles. The van der Waals surface area contributed by atoms with E-state index in [2.05, 4.69) is 42.2 Å². The van der Waals surface area contributed by atoms with Crippen LogP contribution in [0.1, 0.15) is 44.5 Å². The molecule has 2 aromatic carbocycles. The number of carbonyl (C=O) groups excluding carboxylic acids is 1. The van der Waals surface area contributed by atoms with Gasteiger partial charge in [-0.2, -0.15) is 10.1 Å². The third-order valence-electron chi connectivity index (χ3n) is 6.55. The van der Waals surface area contributed by atoms with E-state index in [1.165, 1.54) is 26.1 Å². The first kappa shape index (κ1) is 24.8. The second-order valence-corrected chi connectivity index (χ2v) is 8.83. The van der Waals surface area contributed by atoms with Gasteiger partial charge in [-0.1, -0.05) is 24.3 Å². The fourth-order valence-electron chi connectivity index (χ4n) is 4.75. The van der Waals surface area contributed by atoms with E-state index in [9.17, 15) is 4.79 Å². The van der Waals surface area contributed by atoms with Gasteiger partial charge in [-0.15, -0.1) is 0 Å². The van der Waals surface area contributed by atoms with Crippen molar-refractivity contribution in [3.8, 4) is 11.5 Å². The second-order valence-electron chi connectivity index (χ2n) is 8.83. The van der Waals surface area contributed by atoms with E-state index in [1.54, 1.807) is 30.6 Å². The number of ether oxygens (including phenoxy) is 2. The standard InChI is InChI=1S/C27H28N8O3/c1-37-22-13-16(11-18-14-30-27(29)33-25(18)28)12-20(24(22)38-2)21(36)8-10-35-9-7-17-5-3-4-6-19(17)23(35)26-31-15-32-34-26/h3-6,8,10,12-15,23H,7,9,11H2,1-2H3,(H,31,32,34)(H4,28,29,30,33)/b10-8+. The number of nitrogen functional groups attached to an aromatic ring is 2. The molecule has 0 bridgehead atoms. The van der Waals surface area contributed by atoms with Gasteiger partial charge in [0.05, 0.1) is 19.8 Å². The van der Waals surface area contributed by atoms with Crippen LogP contribution in [0, 0.1) is 0 Å². The van der Waals surface area contributed by atoms with Gasteiger partial charge in [-0.25, -0.2) is 9.97 Å². The van der Waals surface area contributed by atoms with Gasteiger partial charge in [-0.05, 0) is 35.2 Å². The molecule has 5 N–H and O–H groups in total. The first-order valence-electron chi connectivity index (χ1n) is 12.0. The van der Waals surface area contributed by atoms with Crippen LogP contribution in [0.2, 0.25) is 0 Å². The van der Waals surface area contributed by atoms with E-state index < -0.39 is 0 Å². The lowest BCUT2D eigenvalue weighted by molar-refractivity contribution is 0.104. The van der Waals surface area contributed by atoms with Gasteiger partial charge in [0.25, 0.3) is 0 Å². The molecule has 4 aromatic rings. The SMILES string of the molecule is COc1cc(Cc2cnc(N)nc2N)cc(C(=O)/C=C/N2CCc3ccccc3C2c2ncn[nH]2)c1OC. The number of hydrogen-bond acceptors (Lipinski definition) is 10. The zero-order valence-electron chi connectivity index (χ0n) is 21.1. The molecular formula is C27H28N8O3. The molecule has 2 aromatic heterocycles. The van der Waals surface area contributed by atoms with Crippen LogP contribution in [-0.4, -0.2) is 56.6 Å². The second kappa shape index (κ2) is 10.6. The van der Waals surface area contributed by atoms with Crippen LogP contribution in [0.15, 0.2) is 61.2 Å². The topological polar surface area (TPSA) is 158 Å². The van der Waals surface area contributed by atoms with Crippen LogP contribution < -0.4 is 20.9 Å². The lowest BCUT2D eigenvalue weighted by Gasteiger charge is -2.35. The minimum absolute atomic E-state index is 0.100. The fraction of sp³-hybridized carbons (Fsp3) is 0.222. The summed E-state index contributed by atoms with van der Waals surface area (Å²) in [4.78, 5) is 28.1. The van der Waals surface area contributed by atoms with E-state index in [4.69, 9.17) is 20.9 Å². The fourth-order valence-corrected chi connectivity index (χ4v) is 4.75. The molecule has 3 heterocycles. The number of hydrogen-bond donors (Lipinski definition) is 3. The number of methoxy groups -OCH3 is 2. The maximum atomic E-state index is 13.5. The molecule has 38 heavy (non-hydrogen) atoms. The predicted octanol–water partition coefficient (Wildman–Crippen LogP) is 2.71. The Morgan fingerprint density at radius 3 is 2.76 bits per heavy atom. The van der Waals surface area contributed by atoms with Crippen molar-refractivity contribution in [2.75, 3.05) is 32.2 Å². The Morgan fingerprint density at radius 1 is 1.18 bits per heavy atom. The largest absolute Gasteiger partial charge is 0.493 e. The number of ketones is 1. The van der Waals surface area contributed by atoms with Crippen molar-refractivity contribution < 1.29 is 14.3 Å². The van der Waals surface area contributed by atoms with Crippen LogP contribution >= 0.6 is 0 Å². The van der Waals surface area contributed by atoms with Crippen molar-refractivity contribution in [3.63, 3.8) is 0 Å². The van der Waals surface area contributed by atoms with E-state index in [0.717, 1.165) is 17.5 Å². The molecule has 0 amide bonds. The molecule has 5 rings (SSSR count). The number of aromatic nitrogens is 5. The van der Waals surface area contributed by atoms with Crippen LogP contribution in [0.3, 0.4) is 0 Å². The Balaban J connectivity index is 1.47. The lowest BCUT2D eigenvalue weighted by atomic mass is 9.92. The van der Waals surface area contributed by atoms with E-state index in [-0.39, 0.29) is 23.6 Å². The molecule has 0 fully saturated rings. The zero-order valence-corrected chi connectivity index (χ0v) is 21.1. The normalized spacial score (nSPS) is 14.9. The number of fused-ring (bicyclic) bond motifs is 1. The third kappa shape index (κ3) is 4.85. The number of carbonyl (C=O) groups is 1. The number of anilines is 2. The van der Waals surface area contributed by atoms with Crippen LogP contribution in [0.4, 0.5) is 11.8 Å². The molecule has 194 valence electrons. The summed E-state index contributed by atoms with van der Waals surface area (Å²) in [7, 11) is 3.03. The van der Waals surface area contributed by atoms with Crippen molar-refractivity contribution in [1.29, 1.82) is 0 Å². The van der Waals surface area contributed by atoms with Crippen LogP contribution in [0.5, 0.6) is 11.5 Å². The Bertz CT molecular complexity index is 1490. The van der Waals surface area contributed by atoms with E-state index in [0.29, 0.717) is 41.4 Å². The highest BCUT2D eigenvalue weighted by atomic mass is 16.5. The Labute approximate surface area is 219 Å². The molecule has 0 saturated heterocycles. The van der Waals surface area contributed by atoms with Crippen molar-refractivity contribution in [3.05, 3.63) is 94.8 Å². The van der Waals surface area contributed by atoms with Gasteiger partial charge >= 0.3 is 0 Å². The predicted molar refractivity (Wildman–Crippen MR) is 142 cm³/mol. The molecule has 11 nitrogen and oxygen atoms in total. The lowest BCUT2D eigenvalue weighted by Crippen LogP contribution is -2.33. The van der Waals surface area contributed by atoms with Crippen molar-refractivity contribution >= 4 is 17.5 Å². The summed E-state index contributed by atoms with van der Waals surface area (Å²) >= 11 is 0. The summed E-state index contributed by atoms with van der Waals surface area (Å²) in [5.41, 5.74) is 15.9. The summed E-state index contributed by atoms with van der Waals surface area (Å²) in [6.07, 6.45) is 7.63. The van der Waals surface area contributed by atoms with Gasteiger partial charge in [-0.3, -0.25) is 9.89 Å². The molecule has 1 aliphatic heterocycles. The van der Waals surface area contributed by atoms with Crippen molar-refractivity contribution in [1.82, 2.24) is 30.0 Å². The Hall–Kier alpha value is -4.93. The molecule has 1 unspecified atom stereocenters. The smallest absolute Gasteiger partial charge is 0.221 e. The molecular weight excluding hydrogens is 484 g/mol. The first-order valence-corrected chi connectivity index (χ1v) is 12.0.